The van der Waals surface area contributed by atoms with Crippen molar-refractivity contribution in [3.8, 4) is 0 Å². The molecule has 0 radical (unpaired) electrons. The van der Waals surface area contributed by atoms with E-state index in [0.717, 1.165) is 0 Å². The summed E-state index contributed by atoms with van der Waals surface area (Å²) in [6, 6.07) is 10.7. The summed E-state index contributed by atoms with van der Waals surface area (Å²) in [7, 11) is 0. The van der Waals surface area contributed by atoms with Crippen molar-refractivity contribution < 1.29 is 23.9 Å². The number of carboxylic acids is 1. The van der Waals surface area contributed by atoms with Gasteiger partial charge in [-0.25, -0.2) is 0 Å². The fourth-order valence-electron chi connectivity index (χ4n) is 1.80. The maximum Gasteiger partial charge on any atom is 0.325 e. The van der Waals surface area contributed by atoms with Crippen molar-refractivity contribution in [2.75, 3.05) is 0 Å². The number of benzene rings is 1. The lowest BCUT2D eigenvalue weighted by atomic mass is 10.2. The summed E-state index contributed by atoms with van der Waals surface area (Å²) in [6.45, 7) is 1.33. The van der Waals surface area contributed by atoms with Crippen LogP contribution in [0.15, 0.2) is 58.8 Å². The fraction of sp³-hybridized carbons (Fsp3) is 0.118. The zero-order valence-corrected chi connectivity index (χ0v) is 12.9. The third-order valence-corrected chi connectivity index (χ3v) is 3.07. The Bertz CT molecular complexity index is 751. The summed E-state index contributed by atoms with van der Waals surface area (Å²) in [5.74, 6) is -2.47. The first-order valence-electron chi connectivity index (χ1n) is 7.12. The van der Waals surface area contributed by atoms with E-state index in [-0.39, 0.29) is 11.5 Å². The van der Waals surface area contributed by atoms with Crippen LogP contribution in [0.2, 0.25) is 0 Å². The minimum atomic E-state index is -1.18. The minimum Gasteiger partial charge on any atom is -0.480 e. The minimum absolute atomic E-state index is 0.0352. The second-order valence-corrected chi connectivity index (χ2v) is 4.93. The Hall–Kier alpha value is -3.35. The summed E-state index contributed by atoms with van der Waals surface area (Å²) in [5, 5.41) is 13.6. The van der Waals surface area contributed by atoms with E-state index in [4.69, 9.17) is 9.52 Å². The number of nitrogens with one attached hydrogen (secondary N) is 2. The third kappa shape index (κ3) is 4.57. The van der Waals surface area contributed by atoms with Gasteiger partial charge in [-0.2, -0.15) is 0 Å². The van der Waals surface area contributed by atoms with Crippen molar-refractivity contribution in [2.24, 2.45) is 0 Å². The molecule has 2 amide bonds. The zero-order chi connectivity index (χ0) is 17.5. The van der Waals surface area contributed by atoms with E-state index >= 15 is 0 Å². The van der Waals surface area contributed by atoms with Gasteiger partial charge in [0.05, 0.1) is 6.26 Å². The first kappa shape index (κ1) is 17.0. The van der Waals surface area contributed by atoms with E-state index in [1.165, 1.54) is 25.3 Å². The highest BCUT2D eigenvalue weighted by Gasteiger charge is 2.20. The number of hydrogen-bond acceptors (Lipinski definition) is 4. The molecule has 124 valence electrons. The predicted octanol–water partition coefficient (Wildman–Crippen LogP) is 1.64. The van der Waals surface area contributed by atoms with Crippen molar-refractivity contribution in [2.45, 2.75) is 13.0 Å². The molecule has 24 heavy (non-hydrogen) atoms. The van der Waals surface area contributed by atoms with E-state index in [1.807, 2.05) is 6.07 Å². The second-order valence-electron chi connectivity index (χ2n) is 4.93. The van der Waals surface area contributed by atoms with Crippen LogP contribution >= 0.6 is 0 Å². The lowest BCUT2D eigenvalue weighted by molar-refractivity contribution is -0.140. The average molecular weight is 328 g/mol. The largest absolute Gasteiger partial charge is 0.480 e. The van der Waals surface area contributed by atoms with Gasteiger partial charge >= 0.3 is 5.97 Å². The molecule has 0 aliphatic carbocycles. The van der Waals surface area contributed by atoms with Crippen LogP contribution in [0, 0.1) is 0 Å². The van der Waals surface area contributed by atoms with Crippen LogP contribution in [0.25, 0.3) is 6.08 Å². The van der Waals surface area contributed by atoms with Gasteiger partial charge in [-0.05, 0) is 30.7 Å². The molecule has 7 nitrogen and oxygen atoms in total. The monoisotopic (exact) mass is 328 g/mol. The number of carbonyl (C=O) groups is 3. The molecule has 0 saturated carbocycles. The zero-order valence-electron chi connectivity index (χ0n) is 12.9. The normalized spacial score (nSPS) is 12.3. The van der Waals surface area contributed by atoms with E-state index in [1.54, 1.807) is 30.3 Å². The molecule has 1 aromatic carbocycles. The third-order valence-electron chi connectivity index (χ3n) is 3.07. The molecule has 7 heteroatoms. The molecule has 3 N–H and O–H groups in total. The summed E-state index contributed by atoms with van der Waals surface area (Å²) in [5.41, 5.74) is 0.584. The molecule has 1 atom stereocenters. The Morgan fingerprint density at radius 3 is 2.42 bits per heavy atom. The number of rotatable bonds is 6. The molecule has 1 aromatic heterocycles. The van der Waals surface area contributed by atoms with Crippen LogP contribution in [0.5, 0.6) is 0 Å². The molecule has 1 heterocycles. The van der Waals surface area contributed by atoms with Crippen molar-refractivity contribution >= 4 is 23.9 Å². The molecular weight excluding hydrogens is 312 g/mol. The smallest absolute Gasteiger partial charge is 0.325 e. The highest BCUT2D eigenvalue weighted by Crippen LogP contribution is 2.07. The van der Waals surface area contributed by atoms with Gasteiger partial charge in [0, 0.05) is 0 Å². The first-order chi connectivity index (χ1) is 11.5. The lowest BCUT2D eigenvalue weighted by Gasteiger charge is -2.13. The lowest BCUT2D eigenvalue weighted by Crippen LogP contribution is -2.42. The van der Waals surface area contributed by atoms with Crippen LogP contribution in [-0.2, 0) is 9.59 Å². The number of carbonyl (C=O) groups excluding carboxylic acids is 2. The van der Waals surface area contributed by atoms with Gasteiger partial charge in [0.1, 0.15) is 11.7 Å². The van der Waals surface area contributed by atoms with E-state index in [9.17, 15) is 14.4 Å². The first-order valence-corrected chi connectivity index (χ1v) is 7.12. The van der Waals surface area contributed by atoms with Gasteiger partial charge in [0.25, 0.3) is 11.8 Å². The van der Waals surface area contributed by atoms with Gasteiger partial charge < -0.3 is 20.2 Å². The van der Waals surface area contributed by atoms with Crippen LogP contribution in [0.4, 0.5) is 0 Å². The summed E-state index contributed by atoms with van der Waals surface area (Å²) >= 11 is 0. The highest BCUT2D eigenvalue weighted by molar-refractivity contribution is 6.05. The molecule has 0 spiro atoms. The number of furan rings is 1. The molecule has 0 aliphatic rings. The van der Waals surface area contributed by atoms with Crippen molar-refractivity contribution in [1.82, 2.24) is 10.6 Å². The molecular formula is C17H16N2O5. The van der Waals surface area contributed by atoms with Crippen molar-refractivity contribution in [3.05, 3.63) is 65.7 Å². The summed E-state index contributed by atoms with van der Waals surface area (Å²) < 4.78 is 4.98. The van der Waals surface area contributed by atoms with Crippen molar-refractivity contribution in [1.29, 1.82) is 0 Å². The highest BCUT2D eigenvalue weighted by atomic mass is 16.4. The fourth-order valence-corrected chi connectivity index (χ4v) is 1.80. The van der Waals surface area contributed by atoms with E-state index < -0.39 is 23.8 Å². The Morgan fingerprint density at radius 1 is 1.12 bits per heavy atom. The maximum absolute atomic E-state index is 12.3. The van der Waals surface area contributed by atoms with E-state index in [0.29, 0.717) is 5.56 Å². The van der Waals surface area contributed by atoms with Gasteiger partial charge in [0.2, 0.25) is 0 Å². The van der Waals surface area contributed by atoms with Crippen LogP contribution in [-0.4, -0.2) is 28.9 Å². The summed E-state index contributed by atoms with van der Waals surface area (Å²) in [4.78, 5) is 35.3. The Morgan fingerprint density at radius 2 is 1.83 bits per heavy atom. The molecule has 0 fully saturated rings. The van der Waals surface area contributed by atoms with Gasteiger partial charge in [-0.3, -0.25) is 14.4 Å². The number of amides is 2. The molecule has 0 saturated heterocycles. The second kappa shape index (κ2) is 7.77. The number of carboxylic acid groups (broad SMARTS) is 1. The average Bonchev–Trinajstić information content (AvgIpc) is 3.09. The van der Waals surface area contributed by atoms with E-state index in [2.05, 4.69) is 10.6 Å². The SMILES string of the molecule is C[C@@H](NC(=O)/C(=C/c1ccccc1)NC(=O)c1ccco1)C(=O)O. The molecule has 2 aromatic rings. The van der Waals surface area contributed by atoms with Gasteiger partial charge in [-0.15, -0.1) is 0 Å². The van der Waals surface area contributed by atoms with Gasteiger partial charge in [0.15, 0.2) is 5.76 Å². The number of hydrogen-bond donors (Lipinski definition) is 3. The topological polar surface area (TPSA) is 109 Å². The molecule has 0 aliphatic heterocycles. The standard InChI is InChI=1S/C17H16N2O5/c1-11(17(22)23)18-15(20)13(10-12-6-3-2-4-7-12)19-16(21)14-8-5-9-24-14/h2-11H,1H3,(H,18,20)(H,19,21)(H,22,23)/b13-10-/t11-/m1/s1. The predicted molar refractivity (Wildman–Crippen MR) is 85.8 cm³/mol. The quantitative estimate of drug-likeness (QED) is 0.699. The molecule has 0 bridgehead atoms. The Kier molecular flexibility index (Phi) is 5.51. The van der Waals surface area contributed by atoms with Crippen LogP contribution in [0.1, 0.15) is 23.0 Å². The van der Waals surface area contributed by atoms with Crippen LogP contribution < -0.4 is 10.6 Å². The Balaban J connectivity index is 2.24. The van der Waals surface area contributed by atoms with Gasteiger partial charge in [-0.1, -0.05) is 30.3 Å². The van der Waals surface area contributed by atoms with Crippen LogP contribution in [0.3, 0.4) is 0 Å². The molecule has 0 unspecified atom stereocenters. The number of aliphatic carboxylic acids is 1. The maximum atomic E-state index is 12.3. The molecule has 2 rings (SSSR count). The van der Waals surface area contributed by atoms with Crippen molar-refractivity contribution in [3.63, 3.8) is 0 Å². The summed E-state index contributed by atoms with van der Waals surface area (Å²) in [6.07, 6.45) is 2.78. The Labute approximate surface area is 138 Å².